The number of carboxylic acid groups (broad SMARTS) is 1. The molecule has 1 aromatic rings. The van der Waals surface area contributed by atoms with Crippen LogP contribution < -0.4 is 11.1 Å². The maximum Gasteiger partial charge on any atom is 0.326 e. The number of primary amides is 1. The molecular weight excluding hydrogens is 274 g/mol. The normalized spacial score (nSPS) is 11.5. The summed E-state index contributed by atoms with van der Waals surface area (Å²) in [6.07, 6.45) is 0.332. The molecule has 1 atom stereocenters. The number of urea groups is 1. The number of carboxylic acids is 1. The first-order chi connectivity index (χ1) is 9.86. The Kier molecular flexibility index (Phi) is 5.71. The SMILES string of the molecule is CCC(C(=O)O)N(C)C(=O)c1ccc(CNC(N)=O)cc1. The van der Waals surface area contributed by atoms with Gasteiger partial charge in [-0.2, -0.15) is 0 Å². The highest BCUT2D eigenvalue weighted by Crippen LogP contribution is 2.11. The Labute approximate surface area is 122 Å². The lowest BCUT2D eigenvalue weighted by Gasteiger charge is -2.23. The summed E-state index contributed by atoms with van der Waals surface area (Å²) in [5, 5.41) is 11.5. The van der Waals surface area contributed by atoms with Crippen LogP contribution in [0.3, 0.4) is 0 Å². The average molecular weight is 293 g/mol. The lowest BCUT2D eigenvalue weighted by Crippen LogP contribution is -2.41. The van der Waals surface area contributed by atoms with Gasteiger partial charge >= 0.3 is 12.0 Å². The van der Waals surface area contributed by atoms with Crippen molar-refractivity contribution in [3.05, 3.63) is 35.4 Å². The highest BCUT2D eigenvalue weighted by atomic mass is 16.4. The first-order valence-corrected chi connectivity index (χ1v) is 6.49. The number of hydrogen-bond donors (Lipinski definition) is 3. The van der Waals surface area contributed by atoms with Crippen molar-refractivity contribution in [1.82, 2.24) is 10.2 Å². The number of benzene rings is 1. The fourth-order valence-corrected chi connectivity index (χ4v) is 1.91. The Bertz CT molecular complexity index is 528. The summed E-state index contributed by atoms with van der Waals surface area (Å²) in [6.45, 7) is 1.98. The van der Waals surface area contributed by atoms with E-state index in [0.717, 1.165) is 5.56 Å². The van der Waals surface area contributed by atoms with Gasteiger partial charge in [-0.05, 0) is 24.1 Å². The number of likely N-dealkylation sites (N-methyl/N-ethyl adjacent to an activating group) is 1. The Morgan fingerprint density at radius 1 is 1.29 bits per heavy atom. The molecule has 0 bridgehead atoms. The fraction of sp³-hybridized carbons (Fsp3) is 0.357. The number of carbonyl (C=O) groups is 3. The van der Waals surface area contributed by atoms with Crippen LogP contribution in [0.4, 0.5) is 4.79 Å². The van der Waals surface area contributed by atoms with Crippen molar-refractivity contribution < 1.29 is 19.5 Å². The van der Waals surface area contributed by atoms with Gasteiger partial charge in [0.15, 0.2) is 0 Å². The fourth-order valence-electron chi connectivity index (χ4n) is 1.91. The second-order valence-corrected chi connectivity index (χ2v) is 4.59. The molecule has 0 saturated carbocycles. The molecule has 4 N–H and O–H groups in total. The lowest BCUT2D eigenvalue weighted by molar-refractivity contribution is -0.142. The smallest absolute Gasteiger partial charge is 0.326 e. The number of carbonyl (C=O) groups excluding carboxylic acids is 2. The first-order valence-electron chi connectivity index (χ1n) is 6.49. The molecule has 0 radical (unpaired) electrons. The van der Waals surface area contributed by atoms with Gasteiger partial charge in [-0.3, -0.25) is 4.79 Å². The highest BCUT2D eigenvalue weighted by Gasteiger charge is 2.25. The minimum absolute atomic E-state index is 0.270. The summed E-state index contributed by atoms with van der Waals surface area (Å²) >= 11 is 0. The van der Waals surface area contributed by atoms with Crippen LogP contribution in [0.1, 0.15) is 29.3 Å². The minimum Gasteiger partial charge on any atom is -0.480 e. The number of hydrogen-bond acceptors (Lipinski definition) is 3. The topological polar surface area (TPSA) is 113 Å². The molecule has 0 aliphatic rings. The summed E-state index contributed by atoms with van der Waals surface area (Å²) in [5.41, 5.74) is 6.15. The third-order valence-corrected chi connectivity index (χ3v) is 3.13. The van der Waals surface area contributed by atoms with Crippen LogP contribution >= 0.6 is 0 Å². The standard InChI is InChI=1S/C14H19N3O4/c1-3-11(13(19)20)17(2)12(18)10-6-4-9(5-7-10)8-16-14(15)21/h4-7,11H,3,8H2,1-2H3,(H,19,20)(H3,15,16,21). The van der Waals surface area contributed by atoms with E-state index < -0.39 is 18.0 Å². The second kappa shape index (κ2) is 7.28. The highest BCUT2D eigenvalue weighted by molar-refractivity contribution is 5.96. The molecule has 0 aliphatic heterocycles. The molecular formula is C14H19N3O4. The molecule has 1 rings (SSSR count). The average Bonchev–Trinajstić information content (AvgIpc) is 2.45. The number of rotatable bonds is 6. The van der Waals surface area contributed by atoms with Gasteiger partial charge in [-0.25, -0.2) is 9.59 Å². The van der Waals surface area contributed by atoms with Gasteiger partial charge in [0.2, 0.25) is 0 Å². The van der Waals surface area contributed by atoms with E-state index in [0.29, 0.717) is 12.0 Å². The summed E-state index contributed by atoms with van der Waals surface area (Å²) in [6, 6.07) is 5.06. The molecule has 0 heterocycles. The molecule has 114 valence electrons. The Morgan fingerprint density at radius 2 is 1.86 bits per heavy atom. The summed E-state index contributed by atoms with van der Waals surface area (Å²) in [5.74, 6) is -1.39. The largest absolute Gasteiger partial charge is 0.480 e. The van der Waals surface area contributed by atoms with E-state index in [1.807, 2.05) is 0 Å². The van der Waals surface area contributed by atoms with Gasteiger partial charge in [-0.15, -0.1) is 0 Å². The molecule has 0 aliphatic carbocycles. The van der Waals surface area contributed by atoms with Crippen molar-refractivity contribution in [2.24, 2.45) is 5.73 Å². The molecule has 1 aromatic carbocycles. The Balaban J connectivity index is 2.79. The van der Waals surface area contributed by atoms with Gasteiger partial charge in [0.05, 0.1) is 0 Å². The number of nitrogens with two attached hydrogens (primary N) is 1. The summed E-state index contributed by atoms with van der Waals surface area (Å²) < 4.78 is 0. The van der Waals surface area contributed by atoms with Crippen LogP contribution in [0.5, 0.6) is 0 Å². The van der Waals surface area contributed by atoms with Crippen molar-refractivity contribution in [2.45, 2.75) is 25.9 Å². The van der Waals surface area contributed by atoms with Gasteiger partial charge in [-0.1, -0.05) is 19.1 Å². The third kappa shape index (κ3) is 4.48. The molecule has 21 heavy (non-hydrogen) atoms. The molecule has 1 unspecified atom stereocenters. The van der Waals surface area contributed by atoms with Crippen molar-refractivity contribution in [3.63, 3.8) is 0 Å². The quantitative estimate of drug-likeness (QED) is 0.719. The number of aliphatic carboxylic acids is 1. The second-order valence-electron chi connectivity index (χ2n) is 4.59. The molecule has 0 saturated heterocycles. The van der Waals surface area contributed by atoms with E-state index in [1.165, 1.54) is 11.9 Å². The first kappa shape index (κ1) is 16.5. The van der Waals surface area contributed by atoms with E-state index in [-0.39, 0.29) is 12.5 Å². The van der Waals surface area contributed by atoms with E-state index in [4.69, 9.17) is 10.8 Å². The number of nitrogens with zero attached hydrogens (tertiary/aromatic N) is 1. The predicted octanol–water partition coefficient (Wildman–Crippen LogP) is 0.790. The number of amides is 3. The van der Waals surface area contributed by atoms with E-state index in [9.17, 15) is 14.4 Å². The van der Waals surface area contributed by atoms with Crippen molar-refractivity contribution >= 4 is 17.9 Å². The van der Waals surface area contributed by atoms with E-state index in [2.05, 4.69) is 5.32 Å². The monoisotopic (exact) mass is 293 g/mol. The predicted molar refractivity (Wildman–Crippen MR) is 76.7 cm³/mol. The molecule has 7 heteroatoms. The molecule has 0 aromatic heterocycles. The van der Waals surface area contributed by atoms with Gasteiger partial charge in [0.25, 0.3) is 5.91 Å². The van der Waals surface area contributed by atoms with E-state index in [1.54, 1.807) is 31.2 Å². The zero-order valence-corrected chi connectivity index (χ0v) is 12.0. The Morgan fingerprint density at radius 3 is 2.29 bits per heavy atom. The van der Waals surface area contributed by atoms with E-state index >= 15 is 0 Å². The van der Waals surface area contributed by atoms with Crippen molar-refractivity contribution in [2.75, 3.05) is 7.05 Å². The zero-order chi connectivity index (χ0) is 16.0. The van der Waals surface area contributed by atoms with Crippen LogP contribution in [0.25, 0.3) is 0 Å². The molecule has 0 spiro atoms. The number of nitrogens with one attached hydrogen (secondary N) is 1. The Hall–Kier alpha value is -2.57. The zero-order valence-electron chi connectivity index (χ0n) is 12.0. The van der Waals surface area contributed by atoms with Gasteiger partial charge in [0.1, 0.15) is 6.04 Å². The summed E-state index contributed by atoms with van der Waals surface area (Å²) in [4.78, 5) is 35.1. The van der Waals surface area contributed by atoms with Gasteiger partial charge < -0.3 is 21.1 Å². The van der Waals surface area contributed by atoms with Crippen LogP contribution in [0, 0.1) is 0 Å². The maximum atomic E-state index is 12.2. The lowest BCUT2D eigenvalue weighted by atomic mass is 10.1. The van der Waals surface area contributed by atoms with Gasteiger partial charge in [0, 0.05) is 19.2 Å². The molecule has 7 nitrogen and oxygen atoms in total. The van der Waals surface area contributed by atoms with Crippen LogP contribution in [-0.4, -0.2) is 41.0 Å². The van der Waals surface area contributed by atoms with Crippen molar-refractivity contribution in [1.29, 1.82) is 0 Å². The molecule has 3 amide bonds. The summed E-state index contributed by atoms with van der Waals surface area (Å²) in [7, 11) is 1.47. The van der Waals surface area contributed by atoms with Crippen LogP contribution in [-0.2, 0) is 11.3 Å². The van der Waals surface area contributed by atoms with Crippen molar-refractivity contribution in [3.8, 4) is 0 Å². The van der Waals surface area contributed by atoms with Crippen LogP contribution in [0.2, 0.25) is 0 Å². The minimum atomic E-state index is -1.03. The third-order valence-electron chi connectivity index (χ3n) is 3.13. The molecule has 0 fully saturated rings. The maximum absolute atomic E-state index is 12.2. The van der Waals surface area contributed by atoms with Crippen LogP contribution in [0.15, 0.2) is 24.3 Å².